The molecular weight excluding hydrogens is 402 g/mol. The van der Waals surface area contributed by atoms with Crippen molar-refractivity contribution in [3.8, 4) is 34.1 Å². The number of aromatic nitrogens is 3. The summed E-state index contributed by atoms with van der Waals surface area (Å²) < 4.78 is 24.4. The number of hydrogen-bond acceptors (Lipinski definition) is 7. The van der Waals surface area contributed by atoms with E-state index < -0.39 is 0 Å². The number of phenolic OH excluding ortho intramolecular Hbond substituents is 1. The van der Waals surface area contributed by atoms with Gasteiger partial charge in [0.15, 0.2) is 28.2 Å². The van der Waals surface area contributed by atoms with Gasteiger partial charge in [0.2, 0.25) is 0 Å². The van der Waals surface area contributed by atoms with E-state index in [1.807, 2.05) is 7.05 Å². The summed E-state index contributed by atoms with van der Waals surface area (Å²) in [6.45, 7) is 0. The highest BCUT2D eigenvalue weighted by molar-refractivity contribution is 6.16. The molecule has 0 radical (unpaired) electrons. The van der Waals surface area contributed by atoms with Gasteiger partial charge in [-0.2, -0.15) is 0 Å². The van der Waals surface area contributed by atoms with Gasteiger partial charge in [-0.25, -0.2) is 4.98 Å². The van der Waals surface area contributed by atoms with Crippen LogP contribution in [0.25, 0.3) is 44.2 Å². The predicted molar refractivity (Wildman–Crippen MR) is 115 cm³/mol. The van der Waals surface area contributed by atoms with Crippen molar-refractivity contribution in [1.29, 1.82) is 0 Å². The van der Waals surface area contributed by atoms with Crippen LogP contribution in [0.5, 0.6) is 23.0 Å². The molecule has 0 aliphatic heterocycles. The average molecular weight is 421 g/mol. The van der Waals surface area contributed by atoms with Gasteiger partial charge in [-0.3, -0.25) is 9.48 Å². The van der Waals surface area contributed by atoms with Crippen LogP contribution in [-0.2, 0) is 7.05 Å². The van der Waals surface area contributed by atoms with E-state index in [1.165, 1.54) is 6.07 Å². The zero-order valence-electron chi connectivity index (χ0n) is 17.3. The van der Waals surface area contributed by atoms with Crippen LogP contribution in [0, 0.1) is 0 Å². The molecule has 0 saturated carbocycles. The van der Waals surface area contributed by atoms with E-state index in [0.717, 1.165) is 11.5 Å². The maximum absolute atomic E-state index is 11.9. The highest BCUT2D eigenvalue weighted by Crippen LogP contribution is 2.47. The number of aromatic amines is 1. The molecule has 0 bridgehead atoms. The van der Waals surface area contributed by atoms with E-state index in [1.54, 1.807) is 44.3 Å². The largest absolute Gasteiger partial charge is 0.507 e. The summed E-state index contributed by atoms with van der Waals surface area (Å²) in [7, 11) is 6.49. The molecule has 0 amide bonds. The average Bonchev–Trinajstić information content (AvgIpc) is 3.31. The number of nitrogens with one attached hydrogen (secondary N) is 1. The number of H-pyrrole nitrogens is 1. The lowest BCUT2D eigenvalue weighted by atomic mass is 10.00. The number of furan rings is 1. The number of ether oxygens (including phenoxy) is 3. The van der Waals surface area contributed by atoms with E-state index in [-0.39, 0.29) is 16.8 Å². The van der Waals surface area contributed by atoms with Gasteiger partial charge >= 0.3 is 0 Å². The molecule has 3 heterocycles. The Morgan fingerprint density at radius 2 is 1.74 bits per heavy atom. The fraction of sp³-hybridized carbons (Fsp3) is 0.182. The second kappa shape index (κ2) is 6.69. The van der Waals surface area contributed by atoms with Crippen molar-refractivity contribution < 1.29 is 23.7 Å². The third-order valence-corrected chi connectivity index (χ3v) is 5.37. The van der Waals surface area contributed by atoms with Gasteiger partial charge in [0.1, 0.15) is 22.6 Å². The minimum Gasteiger partial charge on any atom is -0.507 e. The SMILES string of the molecule is COc1cc(OC)c(-c2c3c[nH]n(C)c3nc3c2oc2cc(=O)cc(O)c23)cc1OC. The Kier molecular flexibility index (Phi) is 4.07. The quantitative estimate of drug-likeness (QED) is 0.456. The first-order valence-corrected chi connectivity index (χ1v) is 9.40. The highest BCUT2D eigenvalue weighted by atomic mass is 16.5. The van der Waals surface area contributed by atoms with Crippen LogP contribution in [0.1, 0.15) is 0 Å². The van der Waals surface area contributed by atoms with Gasteiger partial charge in [0.05, 0.1) is 26.7 Å². The van der Waals surface area contributed by atoms with Gasteiger partial charge in [0, 0.05) is 48.0 Å². The number of benzene rings is 2. The summed E-state index contributed by atoms with van der Waals surface area (Å²) in [6, 6.07) is 6.01. The van der Waals surface area contributed by atoms with Crippen molar-refractivity contribution >= 4 is 33.1 Å². The molecule has 158 valence electrons. The Bertz CT molecular complexity index is 1540. The lowest BCUT2D eigenvalue weighted by molar-refractivity contribution is 0.349. The Labute approximate surface area is 175 Å². The maximum atomic E-state index is 11.9. The Balaban J connectivity index is 2.01. The second-order valence-corrected chi connectivity index (χ2v) is 7.06. The molecule has 9 heteroatoms. The molecule has 31 heavy (non-hydrogen) atoms. The summed E-state index contributed by atoms with van der Waals surface area (Å²) in [5, 5.41) is 14.7. The second-order valence-electron chi connectivity index (χ2n) is 7.06. The van der Waals surface area contributed by atoms with Crippen LogP contribution in [0.15, 0.2) is 39.7 Å². The molecule has 0 fully saturated rings. The van der Waals surface area contributed by atoms with Crippen molar-refractivity contribution in [2.45, 2.75) is 0 Å². The van der Waals surface area contributed by atoms with Gasteiger partial charge in [-0.15, -0.1) is 0 Å². The number of aryl methyl sites for hydroxylation is 1. The maximum Gasteiger partial charge on any atom is 0.186 e. The summed E-state index contributed by atoms with van der Waals surface area (Å²) in [4.78, 5) is 16.6. The fourth-order valence-electron chi connectivity index (χ4n) is 3.95. The summed E-state index contributed by atoms with van der Waals surface area (Å²) in [5.74, 6) is 1.38. The zero-order chi connectivity index (χ0) is 21.9. The number of nitrogens with zero attached hydrogens (tertiary/aromatic N) is 2. The number of hydrogen-bond donors (Lipinski definition) is 2. The van der Waals surface area contributed by atoms with Crippen LogP contribution in [0.3, 0.4) is 0 Å². The van der Waals surface area contributed by atoms with E-state index in [4.69, 9.17) is 23.6 Å². The normalized spacial score (nSPS) is 11.5. The number of methoxy groups -OCH3 is 3. The minimum absolute atomic E-state index is 0.184. The third kappa shape index (κ3) is 2.63. The first-order chi connectivity index (χ1) is 15.0. The Hall–Kier alpha value is -4.14. The standard InChI is InChI=1S/C22H19N3O6/c1-25-22-12(9-23-25)18(11-7-15(29-3)16(30-4)8-14(11)28-2)21-20(24-22)19-13(27)5-10(26)6-17(19)31-21/h5-9,23,27H,1-4H3. The number of phenols is 1. The van der Waals surface area contributed by atoms with E-state index >= 15 is 0 Å². The van der Waals surface area contributed by atoms with E-state index in [2.05, 4.69) is 5.10 Å². The summed E-state index contributed by atoms with van der Waals surface area (Å²) in [6.07, 6.45) is 1.80. The zero-order valence-corrected chi connectivity index (χ0v) is 17.3. The van der Waals surface area contributed by atoms with Gasteiger partial charge < -0.3 is 28.8 Å². The van der Waals surface area contributed by atoms with Crippen LogP contribution in [-0.4, -0.2) is 41.2 Å². The molecule has 2 aromatic carbocycles. The highest BCUT2D eigenvalue weighted by Gasteiger charge is 2.25. The fourth-order valence-corrected chi connectivity index (χ4v) is 3.95. The monoisotopic (exact) mass is 421 g/mol. The van der Waals surface area contributed by atoms with Gasteiger partial charge in [-0.1, -0.05) is 0 Å². The first kappa shape index (κ1) is 18.9. The molecule has 9 nitrogen and oxygen atoms in total. The molecule has 0 unspecified atom stereocenters. The Morgan fingerprint density at radius 3 is 2.45 bits per heavy atom. The molecule has 5 rings (SSSR count). The lowest BCUT2D eigenvalue weighted by Gasteiger charge is -2.15. The molecule has 5 aromatic rings. The van der Waals surface area contributed by atoms with Crippen molar-refractivity contribution in [3.05, 3.63) is 40.7 Å². The number of aromatic hydroxyl groups is 1. The van der Waals surface area contributed by atoms with Crippen molar-refractivity contribution in [1.82, 2.24) is 14.8 Å². The molecular formula is C22H19N3O6. The molecule has 3 aromatic heterocycles. The number of rotatable bonds is 4. The molecule has 0 aliphatic rings. The van der Waals surface area contributed by atoms with Gasteiger partial charge in [0.25, 0.3) is 0 Å². The van der Waals surface area contributed by atoms with Crippen molar-refractivity contribution in [3.63, 3.8) is 0 Å². The minimum atomic E-state index is -0.354. The lowest BCUT2D eigenvalue weighted by Crippen LogP contribution is -1.97. The van der Waals surface area contributed by atoms with Crippen molar-refractivity contribution in [2.75, 3.05) is 21.3 Å². The smallest absolute Gasteiger partial charge is 0.186 e. The van der Waals surface area contributed by atoms with E-state index in [9.17, 15) is 9.90 Å². The molecule has 0 spiro atoms. The van der Waals surface area contributed by atoms with Crippen LogP contribution < -0.4 is 19.6 Å². The molecule has 2 N–H and O–H groups in total. The van der Waals surface area contributed by atoms with Crippen LogP contribution >= 0.6 is 0 Å². The predicted octanol–water partition coefficient (Wildman–Crippen LogP) is 3.56. The summed E-state index contributed by atoms with van der Waals surface area (Å²) in [5.41, 5.74) is 2.73. The molecule has 0 aliphatic carbocycles. The third-order valence-electron chi connectivity index (χ3n) is 5.37. The van der Waals surface area contributed by atoms with E-state index in [0.29, 0.717) is 50.5 Å². The molecule has 0 atom stereocenters. The Morgan fingerprint density at radius 1 is 1.03 bits per heavy atom. The first-order valence-electron chi connectivity index (χ1n) is 9.40. The van der Waals surface area contributed by atoms with Crippen LogP contribution in [0.2, 0.25) is 0 Å². The topological polar surface area (TPSA) is 112 Å². The van der Waals surface area contributed by atoms with Gasteiger partial charge in [-0.05, 0) is 6.07 Å². The van der Waals surface area contributed by atoms with Crippen molar-refractivity contribution in [2.24, 2.45) is 7.05 Å². The number of fused-ring (bicyclic) bond motifs is 4. The molecule has 0 saturated heterocycles. The van der Waals surface area contributed by atoms with Crippen LogP contribution in [0.4, 0.5) is 0 Å². The number of pyridine rings is 1. The summed E-state index contributed by atoms with van der Waals surface area (Å²) >= 11 is 0.